The smallest absolute Gasteiger partial charge is 0.315 e. The van der Waals surface area contributed by atoms with Crippen molar-refractivity contribution in [2.24, 2.45) is 0 Å². The molecule has 2 aromatic rings. The Balaban J connectivity index is 1.86. The van der Waals surface area contributed by atoms with Crippen molar-refractivity contribution >= 4 is 23.3 Å². The third-order valence-corrected chi connectivity index (χ3v) is 5.19. The number of urea groups is 1. The largest absolute Gasteiger partial charge is 0.481 e. The Hall–Kier alpha value is -2.41. The Kier molecular flexibility index (Phi) is 7.59. The van der Waals surface area contributed by atoms with Crippen LogP contribution < -0.4 is 10.6 Å². The number of aliphatic carboxylic acids is 1. The summed E-state index contributed by atoms with van der Waals surface area (Å²) < 4.78 is 0. The van der Waals surface area contributed by atoms with Gasteiger partial charge in [-0.3, -0.25) is 4.79 Å². The lowest BCUT2D eigenvalue weighted by molar-refractivity contribution is -0.137. The van der Waals surface area contributed by atoms with E-state index in [0.29, 0.717) is 19.4 Å². The fraction of sp³-hybridized carbons (Fsp3) is 0.421. The number of thiazole rings is 1. The van der Waals surface area contributed by atoms with Gasteiger partial charge < -0.3 is 15.7 Å². The summed E-state index contributed by atoms with van der Waals surface area (Å²) in [6.07, 6.45) is 1.01. The number of carbonyl (C=O) groups is 2. The molecule has 0 saturated carbocycles. The monoisotopic (exact) mass is 375 g/mol. The number of hydrogen-bond donors (Lipinski definition) is 3. The second-order valence-electron chi connectivity index (χ2n) is 6.40. The first-order valence-corrected chi connectivity index (χ1v) is 9.54. The molecular weight excluding hydrogens is 350 g/mol. The number of aryl methyl sites for hydroxylation is 1. The van der Waals surface area contributed by atoms with Crippen molar-refractivity contribution in [2.75, 3.05) is 6.54 Å². The average molecular weight is 375 g/mol. The van der Waals surface area contributed by atoms with E-state index in [-0.39, 0.29) is 24.4 Å². The molecule has 0 aliphatic heterocycles. The van der Waals surface area contributed by atoms with Gasteiger partial charge in [0.15, 0.2) is 0 Å². The second kappa shape index (κ2) is 9.91. The van der Waals surface area contributed by atoms with E-state index in [0.717, 1.165) is 16.3 Å². The van der Waals surface area contributed by atoms with Crippen LogP contribution in [0.1, 0.15) is 41.9 Å². The molecule has 0 bridgehead atoms. The van der Waals surface area contributed by atoms with Crippen molar-refractivity contribution in [3.63, 3.8) is 0 Å². The summed E-state index contributed by atoms with van der Waals surface area (Å²) >= 11 is 1.59. The molecule has 1 aromatic carbocycles. The average Bonchev–Trinajstić information content (AvgIpc) is 3.05. The molecule has 140 valence electrons. The second-order valence-corrected chi connectivity index (χ2v) is 7.29. The quantitative estimate of drug-likeness (QED) is 0.627. The molecule has 1 aromatic heterocycles. The topological polar surface area (TPSA) is 91.3 Å². The molecule has 1 heterocycles. The van der Waals surface area contributed by atoms with Gasteiger partial charge in [0.2, 0.25) is 0 Å². The van der Waals surface area contributed by atoms with Crippen LogP contribution in [0.3, 0.4) is 0 Å². The molecule has 7 heteroatoms. The molecule has 3 N–H and O–H groups in total. The highest BCUT2D eigenvalue weighted by Crippen LogP contribution is 2.18. The van der Waals surface area contributed by atoms with Crippen molar-refractivity contribution in [1.29, 1.82) is 0 Å². The molecule has 0 fully saturated rings. The molecule has 0 spiro atoms. The SMILES string of the molecule is Cc1csc(C(C)CNC(=O)NC(CCC(=O)O)Cc2ccccc2)n1. The number of aromatic nitrogens is 1. The van der Waals surface area contributed by atoms with Crippen molar-refractivity contribution in [3.8, 4) is 0 Å². The van der Waals surface area contributed by atoms with Gasteiger partial charge in [0.1, 0.15) is 0 Å². The van der Waals surface area contributed by atoms with E-state index >= 15 is 0 Å². The van der Waals surface area contributed by atoms with Gasteiger partial charge in [-0.25, -0.2) is 9.78 Å². The van der Waals surface area contributed by atoms with Crippen LogP contribution in [-0.4, -0.2) is 34.7 Å². The van der Waals surface area contributed by atoms with E-state index in [1.807, 2.05) is 49.6 Å². The third-order valence-electron chi connectivity index (χ3n) is 3.99. The Labute approximate surface area is 157 Å². The number of nitrogens with one attached hydrogen (secondary N) is 2. The van der Waals surface area contributed by atoms with Crippen LogP contribution in [0.4, 0.5) is 4.79 Å². The summed E-state index contributed by atoms with van der Waals surface area (Å²) in [5, 5.41) is 17.7. The van der Waals surface area contributed by atoms with E-state index in [9.17, 15) is 9.59 Å². The maximum Gasteiger partial charge on any atom is 0.315 e. The van der Waals surface area contributed by atoms with E-state index in [1.165, 1.54) is 0 Å². The van der Waals surface area contributed by atoms with Gasteiger partial charge in [-0.05, 0) is 25.3 Å². The van der Waals surface area contributed by atoms with E-state index in [1.54, 1.807) is 11.3 Å². The van der Waals surface area contributed by atoms with E-state index in [2.05, 4.69) is 15.6 Å². The highest BCUT2D eigenvalue weighted by molar-refractivity contribution is 7.09. The fourth-order valence-electron chi connectivity index (χ4n) is 2.59. The van der Waals surface area contributed by atoms with Crippen molar-refractivity contribution in [1.82, 2.24) is 15.6 Å². The fourth-order valence-corrected chi connectivity index (χ4v) is 3.45. The summed E-state index contributed by atoms with van der Waals surface area (Å²) in [5.41, 5.74) is 2.05. The number of carboxylic acid groups (broad SMARTS) is 1. The van der Waals surface area contributed by atoms with Crippen molar-refractivity contribution in [3.05, 3.63) is 52.0 Å². The van der Waals surface area contributed by atoms with Gasteiger partial charge in [-0.15, -0.1) is 11.3 Å². The molecule has 2 atom stereocenters. The molecule has 0 saturated heterocycles. The zero-order chi connectivity index (χ0) is 18.9. The Morgan fingerprint density at radius 2 is 2.00 bits per heavy atom. The van der Waals surface area contributed by atoms with Crippen molar-refractivity contribution < 1.29 is 14.7 Å². The molecule has 0 radical (unpaired) electrons. The summed E-state index contributed by atoms with van der Waals surface area (Å²) in [6.45, 7) is 4.45. The number of rotatable bonds is 9. The van der Waals surface area contributed by atoms with Gasteiger partial charge in [-0.2, -0.15) is 0 Å². The molecule has 2 rings (SSSR count). The third kappa shape index (κ3) is 6.84. The molecule has 0 aliphatic rings. The highest BCUT2D eigenvalue weighted by atomic mass is 32.1. The predicted octanol–water partition coefficient (Wildman–Crippen LogP) is 3.33. The Morgan fingerprint density at radius 3 is 2.62 bits per heavy atom. The number of carboxylic acids is 1. The number of carbonyl (C=O) groups excluding carboxylic acids is 1. The molecule has 2 unspecified atom stereocenters. The summed E-state index contributed by atoms with van der Waals surface area (Å²) in [6, 6.07) is 9.23. The van der Waals surface area contributed by atoms with Gasteiger partial charge >= 0.3 is 12.0 Å². The molecule has 2 amide bonds. The Bertz CT molecular complexity index is 718. The highest BCUT2D eigenvalue weighted by Gasteiger charge is 2.16. The van der Waals surface area contributed by atoms with Crippen LogP contribution in [0.15, 0.2) is 35.7 Å². The van der Waals surface area contributed by atoms with Crippen molar-refractivity contribution in [2.45, 2.75) is 45.1 Å². The summed E-state index contributed by atoms with van der Waals surface area (Å²) in [7, 11) is 0. The van der Waals surface area contributed by atoms with Gasteiger partial charge in [0.25, 0.3) is 0 Å². The molecular formula is C19H25N3O3S. The van der Waals surface area contributed by atoms with Gasteiger partial charge in [0, 0.05) is 36.0 Å². The van der Waals surface area contributed by atoms with Crippen LogP contribution in [0.2, 0.25) is 0 Å². The predicted molar refractivity (Wildman–Crippen MR) is 103 cm³/mol. The summed E-state index contributed by atoms with van der Waals surface area (Å²) in [5.74, 6) is -0.732. The normalized spacial score (nSPS) is 13.0. The zero-order valence-corrected chi connectivity index (χ0v) is 15.9. The number of amides is 2. The maximum atomic E-state index is 12.2. The van der Waals surface area contributed by atoms with Gasteiger partial charge in [0.05, 0.1) is 5.01 Å². The van der Waals surface area contributed by atoms with E-state index < -0.39 is 5.97 Å². The first kappa shape index (κ1) is 19.9. The van der Waals surface area contributed by atoms with Gasteiger partial charge in [-0.1, -0.05) is 37.3 Å². The lowest BCUT2D eigenvalue weighted by Gasteiger charge is -2.19. The first-order chi connectivity index (χ1) is 12.4. The molecule has 26 heavy (non-hydrogen) atoms. The van der Waals surface area contributed by atoms with Crippen LogP contribution >= 0.6 is 11.3 Å². The minimum absolute atomic E-state index is 0.0204. The molecule has 0 aliphatic carbocycles. The molecule has 6 nitrogen and oxygen atoms in total. The first-order valence-electron chi connectivity index (χ1n) is 8.66. The standard InChI is InChI=1S/C19H25N3O3S/c1-13(18-21-14(2)12-26-18)11-20-19(25)22-16(8-9-17(23)24)10-15-6-4-3-5-7-15/h3-7,12-13,16H,8-11H2,1-2H3,(H,23,24)(H2,20,22,25). The lowest BCUT2D eigenvalue weighted by Crippen LogP contribution is -2.44. The minimum atomic E-state index is -0.863. The van der Waals surface area contributed by atoms with E-state index in [4.69, 9.17) is 5.11 Å². The summed E-state index contributed by atoms with van der Waals surface area (Å²) in [4.78, 5) is 27.6. The zero-order valence-electron chi connectivity index (χ0n) is 15.1. The number of hydrogen-bond acceptors (Lipinski definition) is 4. The minimum Gasteiger partial charge on any atom is -0.481 e. The number of nitrogens with zero attached hydrogens (tertiary/aromatic N) is 1. The van der Waals surface area contributed by atoms with Crippen LogP contribution in [0.25, 0.3) is 0 Å². The van der Waals surface area contributed by atoms with Crippen LogP contribution in [0.5, 0.6) is 0 Å². The van der Waals surface area contributed by atoms with Crippen LogP contribution in [0, 0.1) is 6.92 Å². The Morgan fingerprint density at radius 1 is 1.27 bits per heavy atom. The number of benzene rings is 1. The van der Waals surface area contributed by atoms with Crippen LogP contribution in [-0.2, 0) is 11.2 Å². The maximum absolute atomic E-state index is 12.2. The lowest BCUT2D eigenvalue weighted by atomic mass is 10.0.